The number of aryl methyl sites for hydroxylation is 1. The summed E-state index contributed by atoms with van der Waals surface area (Å²) in [6.45, 7) is 2.29. The van der Waals surface area contributed by atoms with Gasteiger partial charge in [-0.15, -0.1) is 10.2 Å². The van der Waals surface area contributed by atoms with Gasteiger partial charge >= 0.3 is 0 Å². The number of nitrogen functional groups attached to an aromatic ring is 1. The van der Waals surface area contributed by atoms with Gasteiger partial charge in [0.15, 0.2) is 11.5 Å². The highest BCUT2D eigenvalue weighted by Gasteiger charge is 2.14. The van der Waals surface area contributed by atoms with Crippen molar-refractivity contribution in [3.05, 3.63) is 35.9 Å². The molecule has 0 aliphatic heterocycles. The van der Waals surface area contributed by atoms with Crippen LogP contribution in [0.1, 0.15) is 11.5 Å². The van der Waals surface area contributed by atoms with Gasteiger partial charge in [-0.1, -0.05) is 11.3 Å². The van der Waals surface area contributed by atoms with E-state index >= 15 is 0 Å². The van der Waals surface area contributed by atoms with Crippen LogP contribution >= 0.6 is 0 Å². The van der Waals surface area contributed by atoms with Crippen LogP contribution in [0.4, 0.5) is 5.95 Å². The highest BCUT2D eigenvalue weighted by molar-refractivity contribution is 5.95. The van der Waals surface area contributed by atoms with Gasteiger partial charge in [-0.05, 0) is 19.1 Å². The normalized spacial score (nSPS) is 11.4. The Bertz CT molecular complexity index is 1020. The first-order valence-corrected chi connectivity index (χ1v) is 7.00. The summed E-state index contributed by atoms with van der Waals surface area (Å²) in [5.74, 6) is 1.48. The van der Waals surface area contributed by atoms with Crippen molar-refractivity contribution in [1.82, 2.24) is 34.6 Å². The molecule has 0 aliphatic rings. The minimum atomic E-state index is 0.255. The molecule has 0 atom stereocenters. The molecule has 0 fully saturated rings. The molecule has 0 saturated heterocycles. The molecule has 116 valence electrons. The van der Waals surface area contributed by atoms with Gasteiger partial charge in [-0.25, -0.2) is 14.6 Å². The predicted molar refractivity (Wildman–Crippen MR) is 83.1 cm³/mol. The molecule has 4 aromatic rings. The monoisotopic (exact) mass is 310 g/mol. The van der Waals surface area contributed by atoms with Crippen LogP contribution in [-0.2, 0) is 6.54 Å². The Morgan fingerprint density at radius 1 is 1.26 bits per heavy atom. The fourth-order valence-electron chi connectivity index (χ4n) is 2.52. The standard InChI is InChI=1S/C14H14N8O/c1-8-6-21(20-18-8)7-11-16-13-9-4-3-5-10(23-2)12(9)17-14(15)22(13)19-11/h3-6H,7H2,1-2H3,(H2,15,17). The summed E-state index contributed by atoms with van der Waals surface area (Å²) in [4.78, 5) is 8.95. The molecule has 3 aromatic heterocycles. The van der Waals surface area contributed by atoms with E-state index in [0.29, 0.717) is 29.3 Å². The fraction of sp³-hybridized carbons (Fsp3) is 0.214. The second-order valence-electron chi connectivity index (χ2n) is 5.15. The van der Waals surface area contributed by atoms with Crippen LogP contribution in [0.2, 0.25) is 0 Å². The Morgan fingerprint density at radius 3 is 2.87 bits per heavy atom. The van der Waals surface area contributed by atoms with Crippen molar-refractivity contribution < 1.29 is 4.74 Å². The molecule has 0 unspecified atom stereocenters. The molecule has 1 aromatic carbocycles. The van der Waals surface area contributed by atoms with Crippen LogP contribution in [0, 0.1) is 6.92 Å². The fourth-order valence-corrected chi connectivity index (χ4v) is 2.52. The number of nitrogens with two attached hydrogens (primary N) is 1. The van der Waals surface area contributed by atoms with Gasteiger partial charge in [0.05, 0.1) is 12.8 Å². The van der Waals surface area contributed by atoms with E-state index in [9.17, 15) is 0 Å². The van der Waals surface area contributed by atoms with E-state index in [4.69, 9.17) is 10.5 Å². The topological polar surface area (TPSA) is 109 Å². The smallest absolute Gasteiger partial charge is 0.223 e. The van der Waals surface area contributed by atoms with Crippen molar-refractivity contribution in [1.29, 1.82) is 0 Å². The second kappa shape index (κ2) is 4.90. The molecule has 0 bridgehead atoms. The molecule has 9 heteroatoms. The second-order valence-corrected chi connectivity index (χ2v) is 5.15. The molecule has 0 saturated carbocycles. The predicted octanol–water partition coefficient (Wildman–Crippen LogP) is 0.817. The number of hydrogen-bond acceptors (Lipinski definition) is 7. The number of nitrogens with zero attached hydrogens (tertiary/aromatic N) is 7. The third-order valence-electron chi connectivity index (χ3n) is 3.51. The van der Waals surface area contributed by atoms with Crippen LogP contribution in [0.3, 0.4) is 0 Å². The first-order chi connectivity index (χ1) is 11.2. The van der Waals surface area contributed by atoms with Gasteiger partial charge < -0.3 is 10.5 Å². The van der Waals surface area contributed by atoms with Gasteiger partial charge in [0.25, 0.3) is 0 Å². The summed E-state index contributed by atoms with van der Waals surface area (Å²) in [7, 11) is 1.60. The van der Waals surface area contributed by atoms with Crippen molar-refractivity contribution in [2.24, 2.45) is 0 Å². The number of para-hydroxylation sites is 1. The number of methoxy groups -OCH3 is 1. The molecule has 3 heterocycles. The Labute approximate surface area is 130 Å². The third kappa shape index (κ3) is 2.13. The van der Waals surface area contributed by atoms with E-state index < -0.39 is 0 Å². The molecule has 0 spiro atoms. The highest BCUT2D eigenvalue weighted by Crippen LogP contribution is 2.27. The van der Waals surface area contributed by atoms with Crippen LogP contribution in [-0.4, -0.2) is 41.7 Å². The summed E-state index contributed by atoms with van der Waals surface area (Å²) in [5, 5.41) is 13.2. The number of hydrogen-bond donors (Lipinski definition) is 1. The number of benzene rings is 1. The third-order valence-corrected chi connectivity index (χ3v) is 3.51. The van der Waals surface area contributed by atoms with E-state index in [1.54, 1.807) is 11.8 Å². The molecule has 4 rings (SSSR count). The quantitative estimate of drug-likeness (QED) is 0.596. The molecule has 0 radical (unpaired) electrons. The molecule has 23 heavy (non-hydrogen) atoms. The van der Waals surface area contributed by atoms with Crippen molar-refractivity contribution in [2.75, 3.05) is 12.8 Å². The maximum absolute atomic E-state index is 6.02. The lowest BCUT2D eigenvalue weighted by molar-refractivity contribution is 0.419. The lowest BCUT2D eigenvalue weighted by atomic mass is 10.2. The summed E-state index contributed by atoms with van der Waals surface area (Å²) < 4.78 is 8.54. The van der Waals surface area contributed by atoms with E-state index in [0.717, 1.165) is 11.1 Å². The summed E-state index contributed by atoms with van der Waals surface area (Å²) in [5.41, 5.74) is 8.15. The van der Waals surface area contributed by atoms with Crippen LogP contribution in [0.5, 0.6) is 5.75 Å². The van der Waals surface area contributed by atoms with Crippen molar-refractivity contribution in [3.63, 3.8) is 0 Å². The maximum Gasteiger partial charge on any atom is 0.223 e. The van der Waals surface area contributed by atoms with Gasteiger partial charge in [0.1, 0.15) is 17.8 Å². The number of ether oxygens (including phenoxy) is 1. The lowest BCUT2D eigenvalue weighted by Crippen LogP contribution is -2.05. The van der Waals surface area contributed by atoms with Crippen LogP contribution in [0.15, 0.2) is 24.4 Å². The van der Waals surface area contributed by atoms with Crippen molar-refractivity contribution in [3.8, 4) is 5.75 Å². The van der Waals surface area contributed by atoms with E-state index in [-0.39, 0.29) is 5.95 Å². The summed E-state index contributed by atoms with van der Waals surface area (Å²) in [6.07, 6.45) is 1.83. The molecule has 2 N–H and O–H groups in total. The van der Waals surface area contributed by atoms with E-state index in [2.05, 4.69) is 25.4 Å². The Morgan fingerprint density at radius 2 is 2.13 bits per heavy atom. The summed E-state index contributed by atoms with van der Waals surface area (Å²) >= 11 is 0. The first kappa shape index (κ1) is 13.4. The van der Waals surface area contributed by atoms with Gasteiger partial charge in [-0.3, -0.25) is 0 Å². The zero-order chi connectivity index (χ0) is 16.0. The van der Waals surface area contributed by atoms with Gasteiger partial charge in [0, 0.05) is 11.6 Å². The SMILES string of the molecule is COc1cccc2c1nc(N)n1nc(Cn3cc(C)nn3)nc21. The first-order valence-electron chi connectivity index (χ1n) is 7.00. The Hall–Kier alpha value is -3.23. The number of anilines is 1. The summed E-state index contributed by atoms with van der Waals surface area (Å²) in [6, 6.07) is 5.63. The van der Waals surface area contributed by atoms with Gasteiger partial charge in [0.2, 0.25) is 5.95 Å². The maximum atomic E-state index is 6.02. The molecular formula is C14H14N8O. The minimum Gasteiger partial charge on any atom is -0.494 e. The van der Waals surface area contributed by atoms with Gasteiger partial charge in [-0.2, -0.15) is 4.52 Å². The minimum absolute atomic E-state index is 0.255. The largest absolute Gasteiger partial charge is 0.494 e. The number of rotatable bonds is 3. The number of fused-ring (bicyclic) bond motifs is 3. The zero-order valence-corrected chi connectivity index (χ0v) is 12.6. The van der Waals surface area contributed by atoms with Crippen LogP contribution in [0.25, 0.3) is 16.6 Å². The molecule has 9 nitrogen and oxygen atoms in total. The zero-order valence-electron chi connectivity index (χ0n) is 12.6. The lowest BCUT2D eigenvalue weighted by Gasteiger charge is -2.06. The average molecular weight is 310 g/mol. The molecular weight excluding hydrogens is 296 g/mol. The average Bonchev–Trinajstić information content (AvgIpc) is 3.14. The Kier molecular flexibility index (Phi) is 2.86. The van der Waals surface area contributed by atoms with Crippen molar-refractivity contribution >= 4 is 22.5 Å². The van der Waals surface area contributed by atoms with Crippen molar-refractivity contribution in [2.45, 2.75) is 13.5 Å². The highest BCUT2D eigenvalue weighted by atomic mass is 16.5. The number of aromatic nitrogens is 7. The molecule has 0 aliphatic carbocycles. The van der Waals surface area contributed by atoms with E-state index in [1.807, 2.05) is 31.3 Å². The van der Waals surface area contributed by atoms with Crippen LogP contribution < -0.4 is 10.5 Å². The van der Waals surface area contributed by atoms with E-state index in [1.165, 1.54) is 4.52 Å². The molecule has 0 amide bonds. The Balaban J connectivity index is 1.90.